The molecule has 114 valence electrons. The van der Waals surface area contributed by atoms with E-state index in [0.717, 1.165) is 43.0 Å². The van der Waals surface area contributed by atoms with Crippen molar-refractivity contribution in [2.75, 3.05) is 25.1 Å². The molecule has 1 aliphatic heterocycles. The van der Waals surface area contributed by atoms with Crippen molar-refractivity contribution in [3.63, 3.8) is 0 Å². The Labute approximate surface area is 128 Å². The van der Waals surface area contributed by atoms with Crippen molar-refractivity contribution in [2.45, 2.75) is 26.2 Å². The fourth-order valence-electron chi connectivity index (χ4n) is 2.40. The Hall–Kier alpha value is -1.40. The van der Waals surface area contributed by atoms with Crippen LogP contribution >= 0.6 is 11.3 Å². The van der Waals surface area contributed by atoms with Crippen molar-refractivity contribution < 1.29 is 14.3 Å². The highest BCUT2D eigenvalue weighted by Crippen LogP contribution is 2.32. The number of aryl methyl sites for hydroxylation is 1. The van der Waals surface area contributed by atoms with E-state index in [2.05, 4.69) is 10.6 Å². The summed E-state index contributed by atoms with van der Waals surface area (Å²) in [5.74, 6) is 0.609. The Morgan fingerprint density at radius 2 is 2.19 bits per heavy atom. The van der Waals surface area contributed by atoms with Crippen LogP contribution in [0.4, 0.5) is 5.00 Å². The first kappa shape index (κ1) is 14.5. The third-order valence-electron chi connectivity index (χ3n) is 3.89. The van der Waals surface area contributed by atoms with E-state index in [0.29, 0.717) is 17.3 Å². The molecular weight excluding hydrogens is 288 g/mol. The minimum Gasteiger partial charge on any atom is -0.381 e. The number of hydrogen-bond acceptors (Lipinski definition) is 4. The van der Waals surface area contributed by atoms with Crippen molar-refractivity contribution in [3.05, 3.63) is 16.5 Å². The molecule has 2 amide bonds. The second-order valence-electron chi connectivity index (χ2n) is 5.83. The van der Waals surface area contributed by atoms with Gasteiger partial charge in [0.25, 0.3) is 5.91 Å². The second kappa shape index (κ2) is 6.15. The van der Waals surface area contributed by atoms with Gasteiger partial charge in [-0.25, -0.2) is 0 Å². The van der Waals surface area contributed by atoms with E-state index in [9.17, 15) is 9.59 Å². The van der Waals surface area contributed by atoms with Crippen molar-refractivity contribution in [1.29, 1.82) is 0 Å². The lowest BCUT2D eigenvalue weighted by molar-refractivity contribution is -0.117. The molecule has 0 bridgehead atoms. The number of carbonyl (C=O) groups is 2. The molecule has 2 N–H and O–H groups in total. The smallest absolute Gasteiger partial charge is 0.261 e. The first-order valence-corrected chi connectivity index (χ1v) is 8.22. The topological polar surface area (TPSA) is 67.4 Å². The summed E-state index contributed by atoms with van der Waals surface area (Å²) in [6, 6.07) is 1.87. The molecule has 6 heteroatoms. The number of nitrogens with one attached hydrogen (secondary N) is 2. The molecule has 1 saturated heterocycles. The molecule has 1 aliphatic carbocycles. The van der Waals surface area contributed by atoms with Crippen LogP contribution in [-0.2, 0) is 9.53 Å². The number of thiophene rings is 1. The van der Waals surface area contributed by atoms with Gasteiger partial charge < -0.3 is 15.4 Å². The SMILES string of the molecule is Cc1cc(NC(=O)C2CC2)sc1C(=O)NCC1CCOC1. The van der Waals surface area contributed by atoms with Crippen molar-refractivity contribution in [3.8, 4) is 0 Å². The molecule has 1 unspecified atom stereocenters. The third-order valence-corrected chi connectivity index (χ3v) is 5.05. The molecule has 1 saturated carbocycles. The summed E-state index contributed by atoms with van der Waals surface area (Å²) in [6.45, 7) is 4.07. The van der Waals surface area contributed by atoms with E-state index < -0.39 is 0 Å². The lowest BCUT2D eigenvalue weighted by atomic mass is 10.1. The van der Waals surface area contributed by atoms with Crippen molar-refractivity contribution >= 4 is 28.2 Å². The van der Waals surface area contributed by atoms with Gasteiger partial charge in [-0.15, -0.1) is 11.3 Å². The average Bonchev–Trinajstić information content (AvgIpc) is 3.06. The van der Waals surface area contributed by atoms with Gasteiger partial charge >= 0.3 is 0 Å². The summed E-state index contributed by atoms with van der Waals surface area (Å²) in [5, 5.41) is 6.62. The highest BCUT2D eigenvalue weighted by Gasteiger charge is 2.30. The predicted octanol–water partition coefficient (Wildman–Crippen LogP) is 2.17. The van der Waals surface area contributed by atoms with Gasteiger partial charge in [0.1, 0.15) is 0 Å². The van der Waals surface area contributed by atoms with E-state index in [1.807, 2.05) is 13.0 Å². The number of anilines is 1. The van der Waals surface area contributed by atoms with Gasteiger partial charge in [0.15, 0.2) is 0 Å². The van der Waals surface area contributed by atoms with Crippen LogP contribution in [0.3, 0.4) is 0 Å². The monoisotopic (exact) mass is 308 g/mol. The van der Waals surface area contributed by atoms with Crippen molar-refractivity contribution in [1.82, 2.24) is 5.32 Å². The fourth-order valence-corrected chi connectivity index (χ4v) is 3.39. The predicted molar refractivity (Wildman–Crippen MR) is 81.7 cm³/mol. The maximum atomic E-state index is 12.2. The summed E-state index contributed by atoms with van der Waals surface area (Å²) < 4.78 is 5.30. The van der Waals surface area contributed by atoms with E-state index in [1.165, 1.54) is 11.3 Å². The zero-order valence-corrected chi connectivity index (χ0v) is 12.9. The van der Waals surface area contributed by atoms with Crippen LogP contribution in [0.15, 0.2) is 6.07 Å². The number of hydrogen-bond donors (Lipinski definition) is 2. The molecule has 3 rings (SSSR count). The quantitative estimate of drug-likeness (QED) is 0.876. The van der Waals surface area contributed by atoms with Gasteiger partial charge in [-0.3, -0.25) is 9.59 Å². The van der Waals surface area contributed by atoms with Gasteiger partial charge in [0.05, 0.1) is 16.5 Å². The third kappa shape index (κ3) is 3.63. The lowest BCUT2D eigenvalue weighted by Gasteiger charge is -2.08. The van der Waals surface area contributed by atoms with Crippen LogP contribution in [0.1, 0.15) is 34.5 Å². The zero-order valence-electron chi connectivity index (χ0n) is 12.1. The maximum Gasteiger partial charge on any atom is 0.261 e. The van der Waals surface area contributed by atoms with Gasteiger partial charge in [0, 0.05) is 25.0 Å². The number of ether oxygens (including phenoxy) is 1. The van der Waals surface area contributed by atoms with Crippen LogP contribution < -0.4 is 10.6 Å². The van der Waals surface area contributed by atoms with E-state index in [-0.39, 0.29) is 17.7 Å². The lowest BCUT2D eigenvalue weighted by Crippen LogP contribution is -2.29. The first-order valence-electron chi connectivity index (χ1n) is 7.40. The minimum absolute atomic E-state index is 0.0590. The van der Waals surface area contributed by atoms with Gasteiger partial charge in [-0.2, -0.15) is 0 Å². The largest absolute Gasteiger partial charge is 0.381 e. The summed E-state index contributed by atoms with van der Waals surface area (Å²) >= 11 is 1.35. The summed E-state index contributed by atoms with van der Waals surface area (Å²) in [4.78, 5) is 24.6. The Bertz CT molecular complexity index is 545. The molecule has 2 fully saturated rings. The summed E-state index contributed by atoms with van der Waals surface area (Å²) in [5.41, 5.74) is 0.909. The highest BCUT2D eigenvalue weighted by atomic mass is 32.1. The number of carbonyl (C=O) groups excluding carboxylic acids is 2. The van der Waals surface area contributed by atoms with E-state index in [4.69, 9.17) is 4.74 Å². The first-order chi connectivity index (χ1) is 10.1. The molecule has 2 heterocycles. The standard InChI is InChI=1S/C15H20N2O3S/c1-9-6-12(17-14(18)11-2-3-11)21-13(9)15(19)16-7-10-4-5-20-8-10/h6,10-11H,2-5,7-8H2,1H3,(H,16,19)(H,17,18). The number of rotatable bonds is 5. The van der Waals surface area contributed by atoms with E-state index >= 15 is 0 Å². The molecule has 1 atom stereocenters. The molecule has 21 heavy (non-hydrogen) atoms. The van der Waals surface area contributed by atoms with Gasteiger partial charge in [-0.05, 0) is 37.8 Å². The molecule has 0 spiro atoms. The molecule has 2 aliphatic rings. The second-order valence-corrected chi connectivity index (χ2v) is 6.88. The van der Waals surface area contributed by atoms with Crippen molar-refractivity contribution in [2.24, 2.45) is 11.8 Å². The molecule has 5 nitrogen and oxygen atoms in total. The summed E-state index contributed by atoms with van der Waals surface area (Å²) in [6.07, 6.45) is 2.96. The Balaban J connectivity index is 1.57. The molecule has 0 radical (unpaired) electrons. The van der Waals surface area contributed by atoms with Crippen LogP contribution in [0.25, 0.3) is 0 Å². The Morgan fingerprint density at radius 3 is 2.86 bits per heavy atom. The highest BCUT2D eigenvalue weighted by molar-refractivity contribution is 7.18. The zero-order chi connectivity index (χ0) is 14.8. The molecular formula is C15H20N2O3S. The average molecular weight is 308 g/mol. The number of amides is 2. The molecule has 0 aromatic carbocycles. The Morgan fingerprint density at radius 1 is 1.38 bits per heavy atom. The van der Waals surface area contributed by atoms with Crippen LogP contribution in [0, 0.1) is 18.8 Å². The van der Waals surface area contributed by atoms with Crippen LogP contribution in [0.2, 0.25) is 0 Å². The minimum atomic E-state index is -0.0590. The van der Waals surface area contributed by atoms with Crippen LogP contribution in [-0.4, -0.2) is 31.6 Å². The normalized spacial score (nSPS) is 21.3. The Kier molecular flexibility index (Phi) is 4.26. The van der Waals surface area contributed by atoms with E-state index in [1.54, 1.807) is 0 Å². The fraction of sp³-hybridized carbons (Fsp3) is 0.600. The molecule has 1 aromatic heterocycles. The molecule has 1 aromatic rings. The van der Waals surface area contributed by atoms with Gasteiger partial charge in [-0.1, -0.05) is 0 Å². The maximum absolute atomic E-state index is 12.2. The summed E-state index contributed by atoms with van der Waals surface area (Å²) in [7, 11) is 0. The van der Waals surface area contributed by atoms with Gasteiger partial charge in [0.2, 0.25) is 5.91 Å². The van der Waals surface area contributed by atoms with Crippen LogP contribution in [0.5, 0.6) is 0 Å².